The maximum atomic E-state index is 11.6. The van der Waals surface area contributed by atoms with E-state index in [1.54, 1.807) is 47.7 Å². The summed E-state index contributed by atoms with van der Waals surface area (Å²) >= 11 is 0. The van der Waals surface area contributed by atoms with Crippen LogP contribution >= 0.6 is 0 Å². The highest BCUT2D eigenvalue weighted by Gasteiger charge is 2.14. The fourth-order valence-electron chi connectivity index (χ4n) is 1.85. The molecule has 1 aromatic heterocycles. The van der Waals surface area contributed by atoms with Gasteiger partial charge in [-0.2, -0.15) is 0 Å². The lowest BCUT2D eigenvalue weighted by Gasteiger charge is -2.11. The molecule has 0 saturated carbocycles. The summed E-state index contributed by atoms with van der Waals surface area (Å²) in [6.07, 6.45) is 3.39. The molecule has 0 radical (unpaired) electrons. The molecule has 6 heteroatoms. The number of hydrogen-bond acceptors (Lipinski definition) is 4. The molecule has 6 nitrogen and oxygen atoms in total. The number of nitrogens with zero attached hydrogens (tertiary/aromatic N) is 2. The Bertz CT molecular complexity index is 634. The molecule has 0 saturated heterocycles. The number of carbonyl (C=O) groups is 1. The number of amides is 1. The average Bonchev–Trinajstić information content (AvgIpc) is 2.89. The Hall–Kier alpha value is -2.60. The van der Waals surface area contributed by atoms with Crippen molar-refractivity contribution < 1.29 is 14.7 Å². The van der Waals surface area contributed by atoms with Gasteiger partial charge in [-0.1, -0.05) is 24.8 Å². The first-order valence-corrected chi connectivity index (χ1v) is 5.97. The van der Waals surface area contributed by atoms with E-state index in [0.717, 1.165) is 5.56 Å². The summed E-state index contributed by atoms with van der Waals surface area (Å²) in [6.45, 7) is 3.86. The smallest absolute Gasteiger partial charge is 0.275 e. The van der Waals surface area contributed by atoms with Crippen molar-refractivity contribution >= 4 is 12.0 Å². The molecule has 2 N–H and O–H groups in total. The molecule has 2 aromatic rings. The van der Waals surface area contributed by atoms with Gasteiger partial charge in [0.15, 0.2) is 0 Å². The molecule has 0 spiro atoms. The van der Waals surface area contributed by atoms with Gasteiger partial charge in [-0.05, 0) is 11.6 Å². The van der Waals surface area contributed by atoms with Gasteiger partial charge in [-0.15, -0.1) is 5.10 Å². The van der Waals surface area contributed by atoms with Crippen LogP contribution in [0.5, 0.6) is 5.88 Å². The molecule has 1 amide bonds. The average molecular weight is 273 g/mol. The Kier molecular flexibility index (Phi) is 4.17. The van der Waals surface area contributed by atoms with Crippen LogP contribution in [0.2, 0.25) is 0 Å². The van der Waals surface area contributed by atoms with Gasteiger partial charge >= 0.3 is 0 Å². The van der Waals surface area contributed by atoms with Gasteiger partial charge in [-0.25, -0.2) is 5.48 Å². The standard InChI is InChI=1S/C14H15N3O3/c1-3-10-5-4-6-11(14(18)16-19)12(10)9-20-13-7-8-17(2)15-13/h3-8,19H,1,9H2,2H3,(H,16,18). The van der Waals surface area contributed by atoms with Crippen molar-refractivity contribution in [3.05, 3.63) is 53.7 Å². The third kappa shape index (κ3) is 2.86. The molecule has 104 valence electrons. The number of benzene rings is 1. The highest BCUT2D eigenvalue weighted by molar-refractivity contribution is 5.95. The van der Waals surface area contributed by atoms with Gasteiger partial charge in [0.1, 0.15) is 6.61 Å². The largest absolute Gasteiger partial charge is 0.472 e. The highest BCUT2D eigenvalue weighted by Crippen LogP contribution is 2.19. The first-order valence-electron chi connectivity index (χ1n) is 5.97. The van der Waals surface area contributed by atoms with Crippen LogP contribution in [-0.4, -0.2) is 20.9 Å². The maximum Gasteiger partial charge on any atom is 0.275 e. The Balaban J connectivity index is 2.28. The molecular formula is C14H15N3O3. The number of aromatic nitrogens is 2. The van der Waals surface area contributed by atoms with Crippen molar-refractivity contribution in [3.63, 3.8) is 0 Å². The molecule has 0 bridgehead atoms. The molecule has 0 aliphatic carbocycles. The van der Waals surface area contributed by atoms with E-state index in [0.29, 0.717) is 17.0 Å². The first kappa shape index (κ1) is 13.8. The third-order valence-corrected chi connectivity index (χ3v) is 2.83. The Morgan fingerprint density at radius 1 is 1.55 bits per heavy atom. The molecule has 0 fully saturated rings. The zero-order valence-corrected chi connectivity index (χ0v) is 11.0. The summed E-state index contributed by atoms with van der Waals surface area (Å²) in [5.41, 5.74) is 3.37. The lowest BCUT2D eigenvalue weighted by atomic mass is 10.0. The van der Waals surface area contributed by atoms with Crippen molar-refractivity contribution in [2.45, 2.75) is 6.61 Å². The van der Waals surface area contributed by atoms with E-state index in [4.69, 9.17) is 9.94 Å². The fourth-order valence-corrected chi connectivity index (χ4v) is 1.85. The number of ether oxygens (including phenoxy) is 1. The van der Waals surface area contributed by atoms with E-state index in [-0.39, 0.29) is 6.61 Å². The molecular weight excluding hydrogens is 258 g/mol. The van der Waals surface area contributed by atoms with Crippen molar-refractivity contribution in [3.8, 4) is 5.88 Å². The number of hydroxylamine groups is 1. The monoisotopic (exact) mass is 273 g/mol. The highest BCUT2D eigenvalue weighted by atomic mass is 16.5. The number of nitrogens with one attached hydrogen (secondary N) is 1. The predicted molar refractivity (Wildman–Crippen MR) is 73.3 cm³/mol. The van der Waals surface area contributed by atoms with Gasteiger partial charge in [0.2, 0.25) is 5.88 Å². The lowest BCUT2D eigenvalue weighted by molar-refractivity contribution is 0.0703. The topological polar surface area (TPSA) is 76.4 Å². The number of rotatable bonds is 5. The molecule has 0 aliphatic heterocycles. The van der Waals surface area contributed by atoms with Crippen LogP contribution in [0.25, 0.3) is 6.08 Å². The van der Waals surface area contributed by atoms with E-state index >= 15 is 0 Å². The van der Waals surface area contributed by atoms with Crippen molar-refractivity contribution in [1.82, 2.24) is 15.3 Å². The van der Waals surface area contributed by atoms with Crippen molar-refractivity contribution in [2.24, 2.45) is 7.05 Å². The summed E-state index contributed by atoms with van der Waals surface area (Å²) in [5, 5.41) is 12.9. The Morgan fingerprint density at radius 3 is 2.95 bits per heavy atom. The van der Waals surface area contributed by atoms with Crippen LogP contribution < -0.4 is 10.2 Å². The van der Waals surface area contributed by atoms with Crippen molar-refractivity contribution in [1.29, 1.82) is 0 Å². The van der Waals surface area contributed by atoms with Gasteiger partial charge in [0, 0.05) is 30.4 Å². The summed E-state index contributed by atoms with van der Waals surface area (Å²) in [7, 11) is 1.79. The summed E-state index contributed by atoms with van der Waals surface area (Å²) in [5.74, 6) is -0.130. The zero-order valence-electron chi connectivity index (χ0n) is 11.0. The summed E-state index contributed by atoms with van der Waals surface area (Å²) < 4.78 is 7.17. The minimum Gasteiger partial charge on any atom is -0.472 e. The predicted octanol–water partition coefficient (Wildman–Crippen LogP) is 1.76. The number of carbonyl (C=O) groups excluding carboxylic acids is 1. The molecule has 20 heavy (non-hydrogen) atoms. The van der Waals surface area contributed by atoms with Crippen molar-refractivity contribution in [2.75, 3.05) is 0 Å². The second kappa shape index (κ2) is 6.03. The quantitative estimate of drug-likeness (QED) is 0.643. The van der Waals surface area contributed by atoms with E-state index in [2.05, 4.69) is 11.7 Å². The summed E-state index contributed by atoms with van der Waals surface area (Å²) in [4.78, 5) is 11.6. The zero-order chi connectivity index (χ0) is 14.5. The second-order valence-electron chi connectivity index (χ2n) is 4.13. The van der Waals surface area contributed by atoms with Crippen LogP contribution in [0.3, 0.4) is 0 Å². The minimum atomic E-state index is -0.590. The van der Waals surface area contributed by atoms with E-state index < -0.39 is 5.91 Å². The second-order valence-corrected chi connectivity index (χ2v) is 4.13. The molecule has 1 aromatic carbocycles. The lowest BCUT2D eigenvalue weighted by Crippen LogP contribution is -2.21. The van der Waals surface area contributed by atoms with Gasteiger partial charge in [-0.3, -0.25) is 14.7 Å². The minimum absolute atomic E-state index is 0.155. The summed E-state index contributed by atoms with van der Waals surface area (Å²) in [6, 6.07) is 6.86. The van der Waals surface area contributed by atoms with Crippen LogP contribution in [0.4, 0.5) is 0 Å². The Labute approximate surface area is 116 Å². The molecule has 0 atom stereocenters. The van der Waals surface area contributed by atoms with Gasteiger partial charge in [0.05, 0.1) is 0 Å². The SMILES string of the molecule is C=Cc1cccc(C(=O)NO)c1COc1ccn(C)n1. The third-order valence-electron chi connectivity index (χ3n) is 2.83. The maximum absolute atomic E-state index is 11.6. The van der Waals surface area contributed by atoms with E-state index in [1.165, 1.54) is 0 Å². The normalized spacial score (nSPS) is 10.1. The molecule has 0 unspecified atom stereocenters. The molecule has 1 heterocycles. The van der Waals surface area contributed by atoms with Crippen LogP contribution in [0, 0.1) is 0 Å². The first-order chi connectivity index (χ1) is 9.65. The van der Waals surface area contributed by atoms with E-state index in [9.17, 15) is 4.79 Å². The van der Waals surface area contributed by atoms with Gasteiger partial charge in [0.25, 0.3) is 5.91 Å². The van der Waals surface area contributed by atoms with Crippen LogP contribution in [0.15, 0.2) is 37.0 Å². The Morgan fingerprint density at radius 2 is 2.35 bits per heavy atom. The molecule has 0 aliphatic rings. The molecule has 2 rings (SSSR count). The van der Waals surface area contributed by atoms with Crippen LogP contribution in [-0.2, 0) is 13.7 Å². The number of hydrogen-bond donors (Lipinski definition) is 2. The fraction of sp³-hybridized carbons (Fsp3) is 0.143. The van der Waals surface area contributed by atoms with Gasteiger partial charge < -0.3 is 4.74 Å². The number of aryl methyl sites for hydroxylation is 1. The van der Waals surface area contributed by atoms with Crippen LogP contribution in [0.1, 0.15) is 21.5 Å². The van der Waals surface area contributed by atoms with E-state index in [1.807, 2.05) is 6.07 Å².